The topological polar surface area (TPSA) is 54.4 Å². The minimum absolute atomic E-state index is 0.564. The molecule has 0 radical (unpaired) electrons. The Labute approximate surface area is 164 Å². The van der Waals surface area contributed by atoms with Crippen LogP contribution in [-0.4, -0.2) is 52.1 Å². The van der Waals surface area contributed by atoms with Crippen molar-refractivity contribution in [2.75, 3.05) is 25.1 Å². The molecular weight excluding hydrogens is 358 g/mol. The summed E-state index contributed by atoms with van der Waals surface area (Å²) in [6.45, 7) is 3.30. The molecular formula is C20H27N5OS. The Morgan fingerprint density at radius 3 is 2.70 bits per heavy atom. The van der Waals surface area contributed by atoms with Gasteiger partial charge in [-0.05, 0) is 44.9 Å². The number of ether oxygens (including phenoxy) is 1. The first-order chi connectivity index (χ1) is 13.3. The molecule has 144 valence electrons. The molecule has 0 amide bonds. The lowest BCUT2D eigenvalue weighted by Gasteiger charge is -2.39. The molecule has 3 aliphatic rings. The van der Waals surface area contributed by atoms with Gasteiger partial charge in [-0.3, -0.25) is 4.90 Å². The summed E-state index contributed by atoms with van der Waals surface area (Å²) >= 11 is 1.94. The van der Waals surface area contributed by atoms with Crippen molar-refractivity contribution >= 4 is 17.2 Å². The summed E-state index contributed by atoms with van der Waals surface area (Å²) in [6.07, 6.45) is 10.3. The largest absolute Gasteiger partial charge is 0.481 e. The third kappa shape index (κ3) is 3.67. The zero-order valence-corrected chi connectivity index (χ0v) is 16.7. The fraction of sp³-hybridized carbons (Fsp3) is 0.650. The molecule has 6 nitrogen and oxygen atoms in total. The molecule has 27 heavy (non-hydrogen) atoms. The molecule has 1 saturated heterocycles. The number of fused-ring (bicyclic) bond motifs is 1. The predicted octanol–water partition coefficient (Wildman–Crippen LogP) is 3.06. The highest BCUT2D eigenvalue weighted by molar-refractivity contribution is 7.11. The lowest BCUT2D eigenvalue weighted by atomic mass is 10.0. The van der Waals surface area contributed by atoms with E-state index < -0.39 is 0 Å². The number of hydrogen-bond donors (Lipinski definition) is 0. The second-order valence-electron chi connectivity index (χ2n) is 7.90. The van der Waals surface area contributed by atoms with Gasteiger partial charge in [0.2, 0.25) is 5.88 Å². The standard InChI is InChI=1S/C20H27N5OS/c1-26-19-11-18(21-13-22-19)25(14-5-6-14)15-7-9-24(10-8-15)12-20-23-16-3-2-4-17(16)27-20/h11,13-15H,2-10,12H2,1H3. The van der Waals surface area contributed by atoms with Crippen LogP contribution < -0.4 is 9.64 Å². The van der Waals surface area contributed by atoms with E-state index in [4.69, 9.17) is 9.72 Å². The zero-order chi connectivity index (χ0) is 18.2. The van der Waals surface area contributed by atoms with E-state index >= 15 is 0 Å². The van der Waals surface area contributed by atoms with Gasteiger partial charge in [-0.15, -0.1) is 11.3 Å². The van der Waals surface area contributed by atoms with E-state index in [1.54, 1.807) is 13.4 Å². The van der Waals surface area contributed by atoms with Crippen LogP contribution >= 0.6 is 11.3 Å². The Bertz CT molecular complexity index is 776. The predicted molar refractivity (Wildman–Crippen MR) is 107 cm³/mol. The van der Waals surface area contributed by atoms with Gasteiger partial charge in [0.15, 0.2) is 0 Å². The molecule has 0 aromatic carbocycles. The number of aryl methyl sites for hydroxylation is 2. The second kappa shape index (κ2) is 7.36. The van der Waals surface area contributed by atoms with Gasteiger partial charge in [0.1, 0.15) is 17.2 Å². The smallest absolute Gasteiger partial charge is 0.218 e. The van der Waals surface area contributed by atoms with Gasteiger partial charge in [0.05, 0.1) is 19.3 Å². The monoisotopic (exact) mass is 385 g/mol. The number of likely N-dealkylation sites (tertiary alicyclic amines) is 1. The van der Waals surface area contributed by atoms with Gasteiger partial charge in [-0.2, -0.15) is 0 Å². The maximum Gasteiger partial charge on any atom is 0.218 e. The average Bonchev–Trinajstić information content (AvgIpc) is 3.31. The fourth-order valence-electron chi connectivity index (χ4n) is 4.47. The van der Waals surface area contributed by atoms with Crippen LogP contribution in [0.1, 0.15) is 47.7 Å². The van der Waals surface area contributed by atoms with Crippen LogP contribution in [0.3, 0.4) is 0 Å². The van der Waals surface area contributed by atoms with Crippen molar-refractivity contribution in [2.45, 2.75) is 63.6 Å². The van der Waals surface area contributed by atoms with E-state index in [2.05, 4.69) is 19.8 Å². The van der Waals surface area contributed by atoms with Crippen LogP contribution in [0.5, 0.6) is 5.88 Å². The SMILES string of the molecule is COc1cc(N(C2CC2)C2CCN(Cc3nc4c(s3)CCC4)CC2)ncn1. The molecule has 0 unspecified atom stereocenters. The maximum absolute atomic E-state index is 5.31. The highest BCUT2D eigenvalue weighted by Crippen LogP contribution is 2.36. The average molecular weight is 386 g/mol. The van der Waals surface area contributed by atoms with Gasteiger partial charge in [0, 0.05) is 36.1 Å². The van der Waals surface area contributed by atoms with E-state index in [0.717, 1.165) is 25.5 Å². The zero-order valence-electron chi connectivity index (χ0n) is 15.9. The van der Waals surface area contributed by atoms with Crippen LogP contribution in [-0.2, 0) is 19.4 Å². The molecule has 0 spiro atoms. The molecule has 3 heterocycles. The normalized spacial score (nSPS) is 20.6. The molecule has 0 atom stereocenters. The number of aromatic nitrogens is 3. The van der Waals surface area contributed by atoms with Crippen LogP contribution in [0.15, 0.2) is 12.4 Å². The van der Waals surface area contributed by atoms with Crippen LogP contribution in [0.4, 0.5) is 5.82 Å². The Kier molecular flexibility index (Phi) is 4.73. The van der Waals surface area contributed by atoms with Crippen molar-refractivity contribution in [1.82, 2.24) is 19.9 Å². The van der Waals surface area contributed by atoms with Crippen molar-refractivity contribution in [3.8, 4) is 5.88 Å². The molecule has 1 saturated carbocycles. The van der Waals surface area contributed by atoms with Crippen LogP contribution in [0.2, 0.25) is 0 Å². The molecule has 2 aromatic rings. The summed E-state index contributed by atoms with van der Waals surface area (Å²) < 4.78 is 5.31. The minimum atomic E-state index is 0.564. The van der Waals surface area contributed by atoms with Crippen molar-refractivity contribution in [3.05, 3.63) is 28.0 Å². The summed E-state index contributed by atoms with van der Waals surface area (Å²) in [5, 5.41) is 1.32. The highest BCUT2D eigenvalue weighted by Gasteiger charge is 2.36. The van der Waals surface area contributed by atoms with Crippen molar-refractivity contribution in [3.63, 3.8) is 0 Å². The molecule has 2 aromatic heterocycles. The summed E-state index contributed by atoms with van der Waals surface area (Å²) in [7, 11) is 1.67. The van der Waals surface area contributed by atoms with Gasteiger partial charge in [0.25, 0.3) is 0 Å². The summed E-state index contributed by atoms with van der Waals surface area (Å²) in [5.74, 6) is 1.68. The summed E-state index contributed by atoms with van der Waals surface area (Å²) in [5.41, 5.74) is 1.38. The molecule has 5 rings (SSSR count). The van der Waals surface area contributed by atoms with Crippen molar-refractivity contribution in [1.29, 1.82) is 0 Å². The van der Waals surface area contributed by atoms with E-state index in [1.807, 2.05) is 17.4 Å². The lowest BCUT2D eigenvalue weighted by molar-refractivity contribution is 0.200. The Morgan fingerprint density at radius 1 is 1.15 bits per heavy atom. The lowest BCUT2D eigenvalue weighted by Crippen LogP contribution is -2.46. The number of rotatable bonds is 6. The van der Waals surface area contributed by atoms with Gasteiger partial charge in [-0.25, -0.2) is 15.0 Å². The van der Waals surface area contributed by atoms with E-state index in [0.29, 0.717) is 18.0 Å². The molecule has 2 fully saturated rings. The van der Waals surface area contributed by atoms with E-state index in [-0.39, 0.29) is 0 Å². The number of piperidine rings is 1. The Hall–Kier alpha value is -1.73. The van der Waals surface area contributed by atoms with Crippen LogP contribution in [0.25, 0.3) is 0 Å². The third-order valence-corrected chi connectivity index (χ3v) is 7.13. The second-order valence-corrected chi connectivity index (χ2v) is 9.06. The summed E-state index contributed by atoms with van der Waals surface area (Å²) in [4.78, 5) is 20.3. The third-order valence-electron chi connectivity index (χ3n) is 5.99. The number of thiazole rings is 1. The van der Waals surface area contributed by atoms with Crippen molar-refractivity contribution in [2.24, 2.45) is 0 Å². The number of hydrogen-bond acceptors (Lipinski definition) is 7. The van der Waals surface area contributed by atoms with Gasteiger partial charge in [-0.1, -0.05) is 0 Å². The van der Waals surface area contributed by atoms with Crippen LogP contribution in [0, 0.1) is 0 Å². The number of methoxy groups -OCH3 is 1. The van der Waals surface area contributed by atoms with E-state index in [1.165, 1.54) is 60.5 Å². The highest BCUT2D eigenvalue weighted by atomic mass is 32.1. The first kappa shape index (κ1) is 17.4. The number of nitrogens with zero attached hydrogens (tertiary/aromatic N) is 5. The van der Waals surface area contributed by atoms with Crippen molar-refractivity contribution < 1.29 is 4.74 Å². The molecule has 0 N–H and O–H groups in total. The molecule has 1 aliphatic heterocycles. The molecule has 7 heteroatoms. The number of anilines is 1. The first-order valence-electron chi connectivity index (χ1n) is 10.1. The van der Waals surface area contributed by atoms with E-state index in [9.17, 15) is 0 Å². The molecule has 0 bridgehead atoms. The van der Waals surface area contributed by atoms with Gasteiger partial charge < -0.3 is 9.64 Å². The Balaban J connectivity index is 1.23. The summed E-state index contributed by atoms with van der Waals surface area (Å²) in [6, 6.07) is 3.19. The quantitative estimate of drug-likeness (QED) is 0.762. The Morgan fingerprint density at radius 2 is 1.96 bits per heavy atom. The molecule has 2 aliphatic carbocycles. The van der Waals surface area contributed by atoms with Gasteiger partial charge >= 0.3 is 0 Å². The maximum atomic E-state index is 5.31. The minimum Gasteiger partial charge on any atom is -0.481 e. The fourth-order valence-corrected chi connectivity index (χ4v) is 5.67. The first-order valence-corrected chi connectivity index (χ1v) is 11.0.